The van der Waals surface area contributed by atoms with E-state index < -0.39 is 0 Å². The van der Waals surface area contributed by atoms with E-state index in [1.54, 1.807) is 0 Å². The predicted octanol–water partition coefficient (Wildman–Crippen LogP) is 7.37. The molecular formula is C27H42O. The molecule has 0 N–H and O–H groups in total. The Kier molecular flexibility index (Phi) is 5.43. The molecular weight excluding hydrogens is 340 g/mol. The van der Waals surface area contributed by atoms with Gasteiger partial charge in [-0.15, -0.1) is 0 Å². The average molecular weight is 383 g/mol. The number of carbonyl (C=O) groups is 1. The highest BCUT2D eigenvalue weighted by Crippen LogP contribution is 2.66. The standard InChI is InChI=1S/C27H42O/c1-18(2)7-6-8-19(3)23-11-12-24-22-10-9-20-17-21(28)13-15-26(20,4)25(22)14-16-27(23,24)5/h9-10,17-19,22-25H,6-8,11-16H2,1-5H3/t19-,22+,23-,24?,25?,26+,27-/m1/s1. The Morgan fingerprint density at radius 3 is 2.57 bits per heavy atom. The number of carbonyl (C=O) groups excluding carboxylic acids is 1. The molecule has 4 rings (SSSR count). The van der Waals surface area contributed by atoms with Crippen molar-refractivity contribution in [3.8, 4) is 0 Å². The molecule has 0 aromatic carbocycles. The maximum absolute atomic E-state index is 12.0. The highest BCUT2D eigenvalue weighted by Gasteiger charge is 2.58. The monoisotopic (exact) mass is 382 g/mol. The maximum atomic E-state index is 12.0. The molecule has 0 aliphatic heterocycles. The minimum atomic E-state index is 0.246. The van der Waals surface area contributed by atoms with Crippen LogP contribution in [0.4, 0.5) is 0 Å². The van der Waals surface area contributed by atoms with Crippen LogP contribution >= 0.6 is 0 Å². The molecule has 1 heteroatoms. The van der Waals surface area contributed by atoms with Crippen LogP contribution in [0.15, 0.2) is 23.8 Å². The number of hydrogen-bond acceptors (Lipinski definition) is 1. The van der Waals surface area contributed by atoms with Crippen LogP contribution in [0.5, 0.6) is 0 Å². The predicted molar refractivity (Wildman–Crippen MR) is 118 cm³/mol. The van der Waals surface area contributed by atoms with Crippen LogP contribution in [0, 0.1) is 46.3 Å². The van der Waals surface area contributed by atoms with Gasteiger partial charge in [0, 0.05) is 6.42 Å². The van der Waals surface area contributed by atoms with E-state index in [-0.39, 0.29) is 5.41 Å². The molecule has 2 fully saturated rings. The molecule has 2 saturated carbocycles. The van der Waals surface area contributed by atoms with Crippen LogP contribution in [0.1, 0.15) is 92.4 Å². The van der Waals surface area contributed by atoms with E-state index in [1.807, 2.05) is 6.08 Å². The molecule has 1 nitrogen and oxygen atoms in total. The third-order valence-corrected chi connectivity index (χ3v) is 9.72. The number of allylic oxidation sites excluding steroid dienone is 4. The second-order valence-electron chi connectivity index (χ2n) is 11.7. The van der Waals surface area contributed by atoms with Gasteiger partial charge in [-0.05, 0) is 90.1 Å². The Balaban J connectivity index is 1.53. The van der Waals surface area contributed by atoms with Crippen molar-refractivity contribution >= 4 is 5.78 Å². The summed E-state index contributed by atoms with van der Waals surface area (Å²) in [6.07, 6.45) is 18.5. The van der Waals surface area contributed by atoms with Gasteiger partial charge in [-0.3, -0.25) is 4.79 Å². The van der Waals surface area contributed by atoms with E-state index in [9.17, 15) is 4.79 Å². The van der Waals surface area contributed by atoms with Gasteiger partial charge < -0.3 is 0 Å². The zero-order chi connectivity index (χ0) is 20.1. The van der Waals surface area contributed by atoms with E-state index in [1.165, 1.54) is 50.5 Å². The maximum Gasteiger partial charge on any atom is 0.156 e. The second kappa shape index (κ2) is 7.44. The first-order chi connectivity index (χ1) is 13.3. The van der Waals surface area contributed by atoms with E-state index in [0.29, 0.717) is 11.2 Å². The summed E-state index contributed by atoms with van der Waals surface area (Å²) in [5.74, 6) is 5.32. The lowest BCUT2D eigenvalue weighted by Gasteiger charge is -2.56. The van der Waals surface area contributed by atoms with Crippen LogP contribution in [-0.2, 0) is 4.79 Å². The van der Waals surface area contributed by atoms with Gasteiger partial charge >= 0.3 is 0 Å². The largest absolute Gasteiger partial charge is 0.295 e. The van der Waals surface area contributed by atoms with Crippen molar-refractivity contribution in [2.45, 2.75) is 92.4 Å². The van der Waals surface area contributed by atoms with Gasteiger partial charge in [-0.25, -0.2) is 0 Å². The van der Waals surface area contributed by atoms with Crippen LogP contribution in [0.25, 0.3) is 0 Å². The Bertz CT molecular complexity index is 670. The van der Waals surface area contributed by atoms with Gasteiger partial charge in [0.2, 0.25) is 0 Å². The van der Waals surface area contributed by atoms with Crippen LogP contribution < -0.4 is 0 Å². The summed E-state index contributed by atoms with van der Waals surface area (Å²) < 4.78 is 0. The number of rotatable bonds is 5. The summed E-state index contributed by atoms with van der Waals surface area (Å²) in [7, 11) is 0. The molecule has 0 radical (unpaired) electrons. The van der Waals surface area contributed by atoms with Crippen molar-refractivity contribution in [3.63, 3.8) is 0 Å². The lowest BCUT2D eigenvalue weighted by Crippen LogP contribution is -2.49. The van der Waals surface area contributed by atoms with Gasteiger partial charge in [-0.1, -0.05) is 66.0 Å². The molecule has 0 heterocycles. The topological polar surface area (TPSA) is 17.1 Å². The normalized spacial score (nSPS) is 43.4. The van der Waals surface area contributed by atoms with Gasteiger partial charge in [0.15, 0.2) is 5.78 Å². The molecule has 28 heavy (non-hydrogen) atoms. The summed E-state index contributed by atoms with van der Waals surface area (Å²) in [6.45, 7) is 12.4. The fourth-order valence-electron chi connectivity index (χ4n) is 8.02. The van der Waals surface area contributed by atoms with Crippen LogP contribution in [-0.4, -0.2) is 5.78 Å². The summed E-state index contributed by atoms with van der Waals surface area (Å²) in [5, 5.41) is 0. The minimum Gasteiger partial charge on any atom is -0.295 e. The zero-order valence-electron chi connectivity index (χ0n) is 19.0. The Hall–Kier alpha value is -0.850. The molecule has 4 aliphatic carbocycles. The summed E-state index contributed by atoms with van der Waals surface area (Å²) in [5.41, 5.74) is 2.12. The van der Waals surface area contributed by atoms with Crippen molar-refractivity contribution in [1.82, 2.24) is 0 Å². The highest BCUT2D eigenvalue weighted by molar-refractivity contribution is 5.92. The van der Waals surface area contributed by atoms with Crippen molar-refractivity contribution in [3.05, 3.63) is 23.8 Å². The number of ketones is 1. The molecule has 0 amide bonds. The van der Waals surface area contributed by atoms with Crippen molar-refractivity contribution in [2.75, 3.05) is 0 Å². The van der Waals surface area contributed by atoms with E-state index in [4.69, 9.17) is 0 Å². The first kappa shape index (κ1) is 20.4. The molecule has 0 bridgehead atoms. The Morgan fingerprint density at radius 1 is 1.04 bits per heavy atom. The first-order valence-corrected chi connectivity index (χ1v) is 12.2. The number of fused-ring (bicyclic) bond motifs is 5. The molecule has 156 valence electrons. The lowest BCUT2D eigenvalue weighted by atomic mass is 9.48. The smallest absolute Gasteiger partial charge is 0.156 e. The lowest BCUT2D eigenvalue weighted by molar-refractivity contribution is -0.116. The fraction of sp³-hybridized carbons (Fsp3) is 0.815. The third kappa shape index (κ3) is 3.25. The van der Waals surface area contributed by atoms with E-state index in [2.05, 4.69) is 46.8 Å². The quantitative estimate of drug-likeness (QED) is 0.485. The van der Waals surface area contributed by atoms with Gasteiger partial charge in [0.1, 0.15) is 0 Å². The summed E-state index contributed by atoms with van der Waals surface area (Å²) >= 11 is 0. The molecule has 0 aromatic heterocycles. The van der Waals surface area contributed by atoms with E-state index >= 15 is 0 Å². The summed E-state index contributed by atoms with van der Waals surface area (Å²) in [6, 6.07) is 0. The molecule has 0 aromatic rings. The Morgan fingerprint density at radius 2 is 1.82 bits per heavy atom. The molecule has 4 aliphatic rings. The minimum absolute atomic E-state index is 0.246. The highest BCUT2D eigenvalue weighted by atomic mass is 16.1. The molecule has 0 saturated heterocycles. The SMILES string of the molecule is CC(C)CCC[C@@H](C)[C@H]1CCC2[C@@H]3C=CC4=CC(=O)CC[C@]4(C)C3CC[C@@]21C. The average Bonchev–Trinajstić information content (AvgIpc) is 2.99. The van der Waals surface area contributed by atoms with Crippen LogP contribution in [0.2, 0.25) is 0 Å². The van der Waals surface area contributed by atoms with Gasteiger partial charge in [0.05, 0.1) is 0 Å². The number of hydrogen-bond donors (Lipinski definition) is 0. The fourth-order valence-corrected chi connectivity index (χ4v) is 8.02. The molecule has 7 atom stereocenters. The van der Waals surface area contributed by atoms with Crippen molar-refractivity contribution in [1.29, 1.82) is 0 Å². The van der Waals surface area contributed by atoms with Gasteiger partial charge in [-0.2, -0.15) is 0 Å². The zero-order valence-corrected chi connectivity index (χ0v) is 19.0. The first-order valence-electron chi connectivity index (χ1n) is 12.2. The molecule has 2 unspecified atom stereocenters. The third-order valence-electron chi connectivity index (χ3n) is 9.72. The van der Waals surface area contributed by atoms with Crippen molar-refractivity contribution in [2.24, 2.45) is 46.3 Å². The second-order valence-corrected chi connectivity index (χ2v) is 11.7. The van der Waals surface area contributed by atoms with Crippen LogP contribution in [0.3, 0.4) is 0 Å². The molecule has 0 spiro atoms. The van der Waals surface area contributed by atoms with E-state index in [0.717, 1.165) is 48.3 Å². The van der Waals surface area contributed by atoms with Gasteiger partial charge in [0.25, 0.3) is 0 Å². The summed E-state index contributed by atoms with van der Waals surface area (Å²) in [4.78, 5) is 12.0. The van der Waals surface area contributed by atoms with Crippen molar-refractivity contribution < 1.29 is 4.79 Å². The Labute approximate surface area is 173 Å².